The molecule has 6 heteroatoms. The predicted molar refractivity (Wildman–Crippen MR) is 256 cm³/mol. The van der Waals surface area contributed by atoms with Gasteiger partial charge in [0.05, 0.1) is 0 Å². The smallest absolute Gasteiger partial charge is 0.306 e. The van der Waals surface area contributed by atoms with Crippen LogP contribution in [0.5, 0.6) is 0 Å². The SMILES string of the molecule is CCCC/C=C\CCCCCCC(=O)OCC(COC(=O)CCCCCCC/C=C\CCCCCCCCC)OC(=O)CCCCCCC/C=C\CCCCCCCCC. The minimum atomic E-state index is -0.781. The Morgan fingerprint density at radius 1 is 0.317 bits per heavy atom. The molecule has 1 unspecified atom stereocenters. The van der Waals surface area contributed by atoms with Gasteiger partial charge in [-0.2, -0.15) is 0 Å². The minimum absolute atomic E-state index is 0.0820. The van der Waals surface area contributed by atoms with Crippen molar-refractivity contribution in [3.05, 3.63) is 36.5 Å². The minimum Gasteiger partial charge on any atom is -0.462 e. The molecule has 0 bridgehead atoms. The number of hydrogen-bond donors (Lipinski definition) is 0. The predicted octanol–water partition coefficient (Wildman–Crippen LogP) is 16.9. The van der Waals surface area contributed by atoms with Gasteiger partial charge in [0, 0.05) is 19.3 Å². The van der Waals surface area contributed by atoms with Gasteiger partial charge in [-0.3, -0.25) is 14.4 Å². The Labute approximate surface area is 372 Å². The monoisotopic (exact) mass is 843 g/mol. The van der Waals surface area contributed by atoms with Crippen molar-refractivity contribution in [3.8, 4) is 0 Å². The van der Waals surface area contributed by atoms with Gasteiger partial charge in [-0.15, -0.1) is 0 Å². The Kier molecular flexibility index (Phi) is 47.3. The van der Waals surface area contributed by atoms with Crippen LogP contribution < -0.4 is 0 Å². The fourth-order valence-electron chi connectivity index (χ4n) is 7.35. The van der Waals surface area contributed by atoms with Crippen LogP contribution in [0, 0.1) is 0 Å². The van der Waals surface area contributed by atoms with Crippen LogP contribution in [0.25, 0.3) is 0 Å². The van der Waals surface area contributed by atoms with Gasteiger partial charge in [0.15, 0.2) is 6.10 Å². The Morgan fingerprint density at radius 2 is 0.567 bits per heavy atom. The summed E-state index contributed by atoms with van der Waals surface area (Å²) in [7, 11) is 0. The maximum absolute atomic E-state index is 12.8. The first kappa shape index (κ1) is 57.6. The molecule has 350 valence electrons. The van der Waals surface area contributed by atoms with E-state index in [1.807, 2.05) is 0 Å². The van der Waals surface area contributed by atoms with Crippen LogP contribution in [0.3, 0.4) is 0 Å². The van der Waals surface area contributed by atoms with E-state index in [2.05, 4.69) is 57.2 Å². The van der Waals surface area contributed by atoms with Gasteiger partial charge in [0.1, 0.15) is 13.2 Å². The van der Waals surface area contributed by atoms with Crippen LogP contribution in [0.4, 0.5) is 0 Å². The van der Waals surface area contributed by atoms with E-state index >= 15 is 0 Å². The van der Waals surface area contributed by atoms with Crippen LogP contribution >= 0.6 is 0 Å². The molecule has 0 radical (unpaired) electrons. The molecule has 0 aliphatic rings. The molecule has 0 saturated carbocycles. The zero-order valence-electron chi connectivity index (χ0n) is 40.0. The number of ether oxygens (including phenoxy) is 3. The second-order valence-corrected chi connectivity index (χ2v) is 17.4. The van der Waals surface area contributed by atoms with Gasteiger partial charge in [0.2, 0.25) is 0 Å². The van der Waals surface area contributed by atoms with Crippen LogP contribution in [-0.4, -0.2) is 37.2 Å². The highest BCUT2D eigenvalue weighted by Crippen LogP contribution is 2.14. The molecular weight excluding hydrogens is 745 g/mol. The van der Waals surface area contributed by atoms with Gasteiger partial charge in [-0.05, 0) is 89.9 Å². The number of carbonyl (C=O) groups excluding carboxylic acids is 3. The van der Waals surface area contributed by atoms with E-state index in [1.54, 1.807) is 0 Å². The Balaban J connectivity index is 4.36. The summed E-state index contributed by atoms with van der Waals surface area (Å²) in [4.78, 5) is 37.9. The molecule has 1 atom stereocenters. The molecule has 0 rings (SSSR count). The van der Waals surface area contributed by atoms with Crippen molar-refractivity contribution in [2.24, 2.45) is 0 Å². The van der Waals surface area contributed by atoms with E-state index in [0.717, 1.165) is 96.3 Å². The molecule has 0 aromatic rings. The maximum atomic E-state index is 12.8. The summed E-state index contributed by atoms with van der Waals surface area (Å²) in [5.74, 6) is -0.904. The zero-order chi connectivity index (χ0) is 43.7. The Morgan fingerprint density at radius 3 is 0.883 bits per heavy atom. The molecule has 60 heavy (non-hydrogen) atoms. The lowest BCUT2D eigenvalue weighted by Crippen LogP contribution is -2.30. The third-order valence-electron chi connectivity index (χ3n) is 11.3. The molecule has 0 aromatic carbocycles. The molecule has 0 spiro atoms. The first-order valence-electron chi connectivity index (χ1n) is 26.0. The molecule has 0 aliphatic heterocycles. The highest BCUT2D eigenvalue weighted by Gasteiger charge is 2.19. The van der Waals surface area contributed by atoms with E-state index in [-0.39, 0.29) is 31.1 Å². The topological polar surface area (TPSA) is 78.9 Å². The van der Waals surface area contributed by atoms with Crippen molar-refractivity contribution >= 4 is 17.9 Å². The summed E-state index contributed by atoms with van der Waals surface area (Å²) in [6.45, 7) is 6.58. The van der Waals surface area contributed by atoms with Gasteiger partial charge in [-0.25, -0.2) is 0 Å². The fourth-order valence-corrected chi connectivity index (χ4v) is 7.35. The lowest BCUT2D eigenvalue weighted by Gasteiger charge is -2.18. The van der Waals surface area contributed by atoms with E-state index in [0.29, 0.717) is 19.3 Å². The molecule has 0 aliphatic carbocycles. The zero-order valence-corrected chi connectivity index (χ0v) is 40.0. The lowest BCUT2D eigenvalue weighted by atomic mass is 10.1. The number of esters is 3. The summed E-state index contributed by atoms with van der Waals surface area (Å²) in [6.07, 6.45) is 57.0. The maximum Gasteiger partial charge on any atom is 0.306 e. The Bertz CT molecular complexity index is 1020. The van der Waals surface area contributed by atoms with Crippen LogP contribution in [0.1, 0.15) is 271 Å². The second-order valence-electron chi connectivity index (χ2n) is 17.4. The highest BCUT2D eigenvalue weighted by atomic mass is 16.6. The average Bonchev–Trinajstić information content (AvgIpc) is 3.24. The van der Waals surface area contributed by atoms with E-state index in [9.17, 15) is 14.4 Å². The summed E-state index contributed by atoms with van der Waals surface area (Å²) in [5, 5.41) is 0. The fraction of sp³-hybridized carbons (Fsp3) is 0.833. The third kappa shape index (κ3) is 46.7. The van der Waals surface area contributed by atoms with Gasteiger partial charge in [-0.1, -0.05) is 198 Å². The number of carbonyl (C=O) groups is 3. The van der Waals surface area contributed by atoms with Crippen molar-refractivity contribution < 1.29 is 28.6 Å². The van der Waals surface area contributed by atoms with Crippen molar-refractivity contribution in [1.82, 2.24) is 0 Å². The number of unbranched alkanes of at least 4 members (excludes halogenated alkanes) is 30. The molecule has 0 saturated heterocycles. The first-order valence-corrected chi connectivity index (χ1v) is 26.0. The van der Waals surface area contributed by atoms with Gasteiger partial charge >= 0.3 is 17.9 Å². The van der Waals surface area contributed by atoms with Gasteiger partial charge < -0.3 is 14.2 Å². The summed E-state index contributed by atoms with van der Waals surface area (Å²) >= 11 is 0. The Hall–Kier alpha value is -2.37. The van der Waals surface area contributed by atoms with Crippen LogP contribution in [0.2, 0.25) is 0 Å². The molecule has 6 nitrogen and oxygen atoms in total. The normalized spacial score (nSPS) is 12.2. The van der Waals surface area contributed by atoms with Crippen molar-refractivity contribution in [2.75, 3.05) is 13.2 Å². The molecule has 0 amide bonds. The molecular formula is C54H98O6. The first-order chi connectivity index (χ1) is 29.5. The summed E-state index contributed by atoms with van der Waals surface area (Å²) in [6, 6.07) is 0. The second kappa shape index (κ2) is 49.3. The highest BCUT2D eigenvalue weighted by molar-refractivity contribution is 5.71. The lowest BCUT2D eigenvalue weighted by molar-refractivity contribution is -0.167. The van der Waals surface area contributed by atoms with Crippen LogP contribution in [0.15, 0.2) is 36.5 Å². The van der Waals surface area contributed by atoms with E-state index in [4.69, 9.17) is 14.2 Å². The number of allylic oxidation sites excluding steroid dienone is 6. The molecule has 0 heterocycles. The van der Waals surface area contributed by atoms with Crippen molar-refractivity contribution in [2.45, 2.75) is 277 Å². The summed E-state index contributed by atoms with van der Waals surface area (Å²) < 4.78 is 16.8. The third-order valence-corrected chi connectivity index (χ3v) is 11.3. The molecule has 0 aromatic heterocycles. The van der Waals surface area contributed by atoms with Crippen molar-refractivity contribution in [3.63, 3.8) is 0 Å². The summed E-state index contributed by atoms with van der Waals surface area (Å²) in [5.41, 5.74) is 0. The number of hydrogen-bond acceptors (Lipinski definition) is 6. The van der Waals surface area contributed by atoms with Crippen LogP contribution in [-0.2, 0) is 28.6 Å². The number of rotatable bonds is 47. The largest absolute Gasteiger partial charge is 0.462 e. The average molecular weight is 843 g/mol. The van der Waals surface area contributed by atoms with E-state index < -0.39 is 6.10 Å². The standard InChI is InChI=1S/C54H98O6/c1-4-7-10-13-16-19-22-24-26-28-30-32-35-38-41-44-47-53(56)59-50-51(49-58-52(55)46-43-40-37-34-21-18-15-12-9-6-3)60-54(57)48-45-42-39-36-33-31-29-27-25-23-20-17-14-11-8-5-2/h15,18,26-29,51H,4-14,16-17,19-25,30-50H2,1-3H3/b18-15-,28-26-,29-27-. The van der Waals surface area contributed by atoms with Crippen molar-refractivity contribution in [1.29, 1.82) is 0 Å². The molecule has 0 fully saturated rings. The quantitative estimate of drug-likeness (QED) is 0.0263. The van der Waals surface area contributed by atoms with Gasteiger partial charge in [0.25, 0.3) is 0 Å². The molecule has 0 N–H and O–H groups in total. The van der Waals surface area contributed by atoms with E-state index in [1.165, 1.54) is 135 Å².